The van der Waals surface area contributed by atoms with E-state index in [1.54, 1.807) is 5.38 Å². The van der Waals surface area contributed by atoms with Crippen molar-refractivity contribution < 1.29 is 28.3 Å². The molecule has 0 unspecified atom stereocenters. The van der Waals surface area contributed by atoms with Crippen molar-refractivity contribution in [1.29, 1.82) is 0 Å². The van der Waals surface area contributed by atoms with Gasteiger partial charge in [0.2, 0.25) is 17.7 Å². The summed E-state index contributed by atoms with van der Waals surface area (Å²) in [7, 11) is 0. The summed E-state index contributed by atoms with van der Waals surface area (Å²) < 4.78 is 11.2. The molecule has 14 heteroatoms. The van der Waals surface area contributed by atoms with Gasteiger partial charge in [-0.05, 0) is 30.9 Å². The minimum Gasteiger partial charge on any atom is -0.446 e. The van der Waals surface area contributed by atoms with Crippen LogP contribution in [-0.4, -0.2) is 95.9 Å². The molecule has 0 spiro atoms. The predicted molar refractivity (Wildman–Crippen MR) is 175 cm³/mol. The molecule has 0 aliphatic carbocycles. The molecule has 2 aromatic heterocycles. The number of ether oxygens (including phenoxy) is 1. The van der Waals surface area contributed by atoms with E-state index in [1.165, 1.54) is 22.5 Å². The number of thiazole rings is 1. The molecule has 3 N–H and O–H groups in total. The van der Waals surface area contributed by atoms with E-state index in [2.05, 4.69) is 30.8 Å². The Bertz CT molecular complexity index is 1500. The van der Waals surface area contributed by atoms with Crippen molar-refractivity contribution in [1.82, 2.24) is 35.7 Å². The van der Waals surface area contributed by atoms with Crippen LogP contribution >= 0.6 is 11.3 Å². The Kier molecular flexibility index (Phi) is 12.1. The lowest BCUT2D eigenvalue weighted by Crippen LogP contribution is -2.45. The number of nitrogens with zero attached hydrogens (tertiary/aromatic N) is 4. The Balaban J connectivity index is 1.39. The molecule has 4 heterocycles. The van der Waals surface area contributed by atoms with Crippen molar-refractivity contribution >= 4 is 35.0 Å². The molecule has 47 heavy (non-hydrogen) atoms. The van der Waals surface area contributed by atoms with Gasteiger partial charge in [0.1, 0.15) is 23.0 Å². The molecule has 0 saturated carbocycles. The fraction of sp³-hybridized carbons (Fsp3) is 0.515. The summed E-state index contributed by atoms with van der Waals surface area (Å²) in [6.45, 7) is 7.92. The standard InChI is InChI=1S/C33H43N7O6S/c1-22(2)17-25-33-38-27(21-47-33)30(43)34-10-12-40(29(42)9-6-11-39-13-15-45-16-14-39)19-28(41)35-24(18-23-7-4-3-5-8-23)32-37-26(20-46-32)31(44)36-25/h3-5,7-8,20-22,24-25H,6,9-19H2,1-2H3,(H,34,43)(H,35,41)(H,36,44)/t24-,25-/m0/s1. The van der Waals surface area contributed by atoms with Crippen molar-refractivity contribution in [2.75, 3.05) is 52.5 Å². The number of fused-ring (bicyclic) bond motifs is 4. The summed E-state index contributed by atoms with van der Waals surface area (Å²) in [5.41, 5.74) is 1.22. The highest BCUT2D eigenvalue weighted by Gasteiger charge is 2.28. The van der Waals surface area contributed by atoms with Gasteiger partial charge in [-0.1, -0.05) is 44.2 Å². The molecule has 4 bridgehead atoms. The van der Waals surface area contributed by atoms with Gasteiger partial charge in [-0.25, -0.2) is 9.97 Å². The number of aromatic nitrogens is 2. The number of carbonyl (C=O) groups excluding carboxylic acids is 4. The maximum absolute atomic E-state index is 13.5. The Hall–Kier alpha value is -4.14. The minimum atomic E-state index is -0.698. The molecular formula is C33H43N7O6S. The zero-order chi connectivity index (χ0) is 33.2. The van der Waals surface area contributed by atoms with Crippen LogP contribution in [0.4, 0.5) is 0 Å². The van der Waals surface area contributed by atoms with Crippen molar-refractivity contribution in [3.05, 3.63) is 69.8 Å². The Morgan fingerprint density at radius 3 is 2.55 bits per heavy atom. The average Bonchev–Trinajstić information content (AvgIpc) is 3.75. The van der Waals surface area contributed by atoms with Crippen LogP contribution in [0.2, 0.25) is 0 Å². The Morgan fingerprint density at radius 2 is 1.79 bits per heavy atom. The molecule has 252 valence electrons. The second-order valence-electron chi connectivity index (χ2n) is 12.2. The largest absolute Gasteiger partial charge is 0.446 e. The van der Waals surface area contributed by atoms with Gasteiger partial charge in [-0.2, -0.15) is 0 Å². The van der Waals surface area contributed by atoms with E-state index in [4.69, 9.17) is 9.15 Å². The first-order valence-corrected chi connectivity index (χ1v) is 17.0. The number of morpholine rings is 1. The third-order valence-corrected chi connectivity index (χ3v) is 9.02. The van der Waals surface area contributed by atoms with Crippen LogP contribution in [0.25, 0.3) is 0 Å². The number of rotatable bonds is 8. The van der Waals surface area contributed by atoms with Gasteiger partial charge >= 0.3 is 0 Å². The molecule has 2 atom stereocenters. The number of oxazole rings is 1. The zero-order valence-electron chi connectivity index (χ0n) is 26.9. The summed E-state index contributed by atoms with van der Waals surface area (Å²) in [4.78, 5) is 66.1. The smallest absolute Gasteiger partial charge is 0.273 e. The lowest BCUT2D eigenvalue weighted by Gasteiger charge is -2.27. The number of carbonyl (C=O) groups is 4. The third kappa shape index (κ3) is 9.92. The topological polar surface area (TPSA) is 159 Å². The van der Waals surface area contributed by atoms with Crippen LogP contribution < -0.4 is 16.0 Å². The van der Waals surface area contributed by atoms with Crippen LogP contribution in [0.5, 0.6) is 0 Å². The number of nitrogens with one attached hydrogen (secondary N) is 3. The normalized spacial score (nSPS) is 20.2. The maximum Gasteiger partial charge on any atom is 0.273 e. The molecule has 13 nitrogen and oxygen atoms in total. The van der Waals surface area contributed by atoms with E-state index in [0.717, 1.165) is 25.2 Å². The first-order chi connectivity index (χ1) is 22.7. The van der Waals surface area contributed by atoms with Gasteiger partial charge in [-0.15, -0.1) is 11.3 Å². The highest BCUT2D eigenvalue weighted by atomic mass is 32.1. The van der Waals surface area contributed by atoms with Gasteiger partial charge in [0.25, 0.3) is 11.8 Å². The SMILES string of the molecule is CC(C)C[C@@H]1NC(=O)c2coc(n2)[C@H](Cc2ccccc2)NC(=O)CN(C(=O)CCCN2CCOCC2)CCNC(=O)c2csc1n2. The van der Waals surface area contributed by atoms with Gasteiger partial charge in [0.05, 0.1) is 25.8 Å². The Morgan fingerprint density at radius 1 is 1.00 bits per heavy atom. The second kappa shape index (κ2) is 16.6. The summed E-state index contributed by atoms with van der Waals surface area (Å²) in [6.07, 6.45) is 3.13. The van der Waals surface area contributed by atoms with Crippen LogP contribution in [0.3, 0.4) is 0 Å². The molecule has 2 aliphatic heterocycles. The van der Waals surface area contributed by atoms with Crippen molar-refractivity contribution in [2.24, 2.45) is 5.92 Å². The number of benzene rings is 1. The Labute approximate surface area is 278 Å². The second-order valence-corrected chi connectivity index (χ2v) is 13.1. The highest BCUT2D eigenvalue weighted by Crippen LogP contribution is 2.26. The first kappa shape index (κ1) is 34.2. The predicted octanol–water partition coefficient (Wildman–Crippen LogP) is 2.73. The third-order valence-electron chi connectivity index (χ3n) is 8.06. The molecule has 2 aliphatic rings. The van der Waals surface area contributed by atoms with Gasteiger partial charge in [0.15, 0.2) is 5.69 Å². The molecule has 4 amide bonds. The van der Waals surface area contributed by atoms with E-state index in [1.807, 2.05) is 44.2 Å². The number of amides is 4. The quantitative estimate of drug-likeness (QED) is 0.329. The zero-order valence-corrected chi connectivity index (χ0v) is 27.7. The van der Waals surface area contributed by atoms with E-state index < -0.39 is 29.8 Å². The van der Waals surface area contributed by atoms with E-state index in [9.17, 15) is 19.2 Å². The highest BCUT2D eigenvalue weighted by molar-refractivity contribution is 7.09. The molecule has 5 rings (SSSR count). The van der Waals surface area contributed by atoms with Crippen LogP contribution in [0.1, 0.15) is 82.6 Å². The van der Waals surface area contributed by atoms with E-state index in [0.29, 0.717) is 37.5 Å². The summed E-state index contributed by atoms with van der Waals surface area (Å²) in [6, 6.07) is 8.42. The summed E-state index contributed by atoms with van der Waals surface area (Å²) >= 11 is 1.30. The number of hydrogen-bond donors (Lipinski definition) is 3. The van der Waals surface area contributed by atoms with Crippen LogP contribution in [0.15, 0.2) is 46.4 Å². The molecule has 1 fully saturated rings. The fourth-order valence-electron chi connectivity index (χ4n) is 5.62. The fourth-order valence-corrected chi connectivity index (χ4v) is 6.48. The average molecular weight is 666 g/mol. The van der Waals surface area contributed by atoms with Crippen LogP contribution in [-0.2, 0) is 20.7 Å². The van der Waals surface area contributed by atoms with Crippen molar-refractivity contribution in [3.8, 4) is 0 Å². The monoisotopic (exact) mass is 665 g/mol. The molecule has 1 aromatic carbocycles. The molecule has 0 radical (unpaired) electrons. The molecular weight excluding hydrogens is 622 g/mol. The van der Waals surface area contributed by atoms with Crippen molar-refractivity contribution in [2.45, 2.75) is 51.6 Å². The maximum atomic E-state index is 13.5. The van der Waals surface area contributed by atoms with Crippen LogP contribution in [0, 0.1) is 5.92 Å². The summed E-state index contributed by atoms with van der Waals surface area (Å²) in [5.74, 6) is -1.02. The molecule has 1 saturated heterocycles. The first-order valence-electron chi connectivity index (χ1n) is 16.2. The lowest BCUT2D eigenvalue weighted by molar-refractivity contribution is -0.136. The molecule has 3 aromatic rings. The summed E-state index contributed by atoms with van der Waals surface area (Å²) in [5, 5.41) is 11.1. The minimum absolute atomic E-state index is 0.0637. The van der Waals surface area contributed by atoms with Crippen molar-refractivity contribution in [3.63, 3.8) is 0 Å². The van der Waals surface area contributed by atoms with E-state index in [-0.39, 0.29) is 55.2 Å². The van der Waals surface area contributed by atoms with Gasteiger partial charge < -0.3 is 30.0 Å². The number of hydrogen-bond acceptors (Lipinski definition) is 10. The van der Waals surface area contributed by atoms with E-state index >= 15 is 0 Å². The van der Waals surface area contributed by atoms with Gasteiger partial charge in [0, 0.05) is 44.4 Å². The van der Waals surface area contributed by atoms with Gasteiger partial charge in [-0.3, -0.25) is 24.1 Å². The lowest BCUT2D eigenvalue weighted by atomic mass is 10.0.